The van der Waals surface area contributed by atoms with Crippen LogP contribution in [0.5, 0.6) is 0 Å². The molecule has 0 aliphatic carbocycles. The average molecular weight is 168 g/mol. The summed E-state index contributed by atoms with van der Waals surface area (Å²) in [6.07, 6.45) is 9.39. The molecule has 0 aromatic heterocycles. The molecule has 12 heavy (non-hydrogen) atoms. The van der Waals surface area contributed by atoms with E-state index in [4.69, 9.17) is 0 Å². The Kier molecular flexibility index (Phi) is 4.12. The van der Waals surface area contributed by atoms with Crippen LogP contribution in [0.15, 0.2) is 0 Å². The summed E-state index contributed by atoms with van der Waals surface area (Å²) < 4.78 is 0. The van der Waals surface area contributed by atoms with E-state index in [1.165, 1.54) is 38.5 Å². The SMILES string of the molecule is CCCCCC1CCCN1[C]=O. The summed E-state index contributed by atoms with van der Waals surface area (Å²) in [5.74, 6) is 0. The quantitative estimate of drug-likeness (QED) is 0.576. The van der Waals surface area contributed by atoms with Gasteiger partial charge in [-0.3, -0.25) is 4.79 Å². The lowest BCUT2D eigenvalue weighted by atomic mass is 10.1. The average Bonchev–Trinajstić information content (AvgIpc) is 2.52. The zero-order valence-corrected chi connectivity index (χ0v) is 7.88. The third-order valence-corrected chi connectivity index (χ3v) is 2.64. The Morgan fingerprint density at radius 2 is 2.33 bits per heavy atom. The lowest BCUT2D eigenvalue weighted by Crippen LogP contribution is -2.27. The molecule has 1 aliphatic rings. The molecular weight excluding hydrogens is 150 g/mol. The van der Waals surface area contributed by atoms with Crippen LogP contribution in [0.2, 0.25) is 0 Å². The molecule has 69 valence electrons. The van der Waals surface area contributed by atoms with E-state index in [0.29, 0.717) is 6.04 Å². The molecule has 1 heterocycles. The molecule has 1 aliphatic heterocycles. The summed E-state index contributed by atoms with van der Waals surface area (Å²) in [6, 6.07) is 0.508. The number of unbranched alkanes of at least 4 members (excludes halogenated alkanes) is 2. The van der Waals surface area contributed by atoms with E-state index >= 15 is 0 Å². The second kappa shape index (κ2) is 5.18. The second-order valence-corrected chi connectivity index (χ2v) is 3.58. The lowest BCUT2D eigenvalue weighted by Gasteiger charge is -2.18. The van der Waals surface area contributed by atoms with Crippen molar-refractivity contribution in [3.63, 3.8) is 0 Å². The number of carbonyl (C=O) groups excluding carboxylic acids is 1. The number of amides is 1. The summed E-state index contributed by atoms with van der Waals surface area (Å²) in [7, 11) is 0. The normalized spacial score (nSPS) is 23.1. The van der Waals surface area contributed by atoms with Crippen molar-refractivity contribution >= 4 is 6.41 Å². The highest BCUT2D eigenvalue weighted by molar-refractivity contribution is 5.49. The van der Waals surface area contributed by atoms with Gasteiger partial charge in [-0.2, -0.15) is 0 Å². The molecule has 0 spiro atoms. The molecule has 1 amide bonds. The minimum Gasteiger partial charge on any atom is -0.331 e. The molecule has 0 aromatic rings. The Hall–Kier alpha value is -0.530. The zero-order chi connectivity index (χ0) is 8.81. The summed E-state index contributed by atoms with van der Waals surface area (Å²) in [5.41, 5.74) is 0. The molecule has 1 saturated heterocycles. The van der Waals surface area contributed by atoms with Crippen LogP contribution in [-0.2, 0) is 4.79 Å². The van der Waals surface area contributed by atoms with Crippen molar-refractivity contribution < 1.29 is 4.79 Å². The van der Waals surface area contributed by atoms with Gasteiger partial charge in [-0.05, 0) is 19.3 Å². The first-order chi connectivity index (χ1) is 5.88. The zero-order valence-electron chi connectivity index (χ0n) is 7.88. The third-order valence-electron chi connectivity index (χ3n) is 2.64. The number of hydrogen-bond donors (Lipinski definition) is 0. The van der Waals surface area contributed by atoms with Crippen LogP contribution in [0.25, 0.3) is 0 Å². The van der Waals surface area contributed by atoms with Gasteiger partial charge < -0.3 is 4.90 Å². The van der Waals surface area contributed by atoms with Gasteiger partial charge in [0.15, 0.2) is 0 Å². The Bertz CT molecular complexity index is 136. The van der Waals surface area contributed by atoms with Crippen LogP contribution >= 0.6 is 0 Å². The monoisotopic (exact) mass is 168 g/mol. The van der Waals surface area contributed by atoms with E-state index < -0.39 is 0 Å². The first-order valence-electron chi connectivity index (χ1n) is 5.03. The van der Waals surface area contributed by atoms with Crippen LogP contribution in [0.3, 0.4) is 0 Å². The molecule has 1 rings (SSSR count). The van der Waals surface area contributed by atoms with Gasteiger partial charge in [-0.25, -0.2) is 0 Å². The maximum absolute atomic E-state index is 10.5. The Balaban J connectivity index is 2.17. The van der Waals surface area contributed by atoms with Crippen molar-refractivity contribution in [2.75, 3.05) is 6.54 Å². The van der Waals surface area contributed by atoms with Gasteiger partial charge in [-0.1, -0.05) is 26.2 Å². The van der Waals surface area contributed by atoms with E-state index in [2.05, 4.69) is 6.92 Å². The van der Waals surface area contributed by atoms with Crippen molar-refractivity contribution in [3.05, 3.63) is 0 Å². The van der Waals surface area contributed by atoms with Crippen LogP contribution in [-0.4, -0.2) is 23.9 Å². The van der Waals surface area contributed by atoms with Crippen molar-refractivity contribution in [2.24, 2.45) is 0 Å². The van der Waals surface area contributed by atoms with Crippen LogP contribution < -0.4 is 0 Å². The molecule has 1 unspecified atom stereocenters. The van der Waals surface area contributed by atoms with Gasteiger partial charge in [0.2, 0.25) is 0 Å². The number of hydrogen-bond acceptors (Lipinski definition) is 1. The summed E-state index contributed by atoms with van der Waals surface area (Å²) in [6.45, 7) is 3.14. The van der Waals surface area contributed by atoms with E-state index in [1.807, 2.05) is 11.3 Å². The van der Waals surface area contributed by atoms with Crippen molar-refractivity contribution in [1.29, 1.82) is 0 Å². The molecular formula is C10H18NO. The highest BCUT2D eigenvalue weighted by Gasteiger charge is 2.22. The first kappa shape index (κ1) is 9.56. The largest absolute Gasteiger partial charge is 0.331 e. The first-order valence-corrected chi connectivity index (χ1v) is 5.03. The molecule has 2 heteroatoms. The van der Waals surface area contributed by atoms with E-state index in [-0.39, 0.29) is 0 Å². The number of rotatable bonds is 5. The predicted molar refractivity (Wildman–Crippen MR) is 49.6 cm³/mol. The van der Waals surface area contributed by atoms with Gasteiger partial charge in [0.05, 0.1) is 0 Å². The van der Waals surface area contributed by atoms with E-state index in [0.717, 1.165) is 6.54 Å². The van der Waals surface area contributed by atoms with Crippen molar-refractivity contribution in [2.45, 2.75) is 51.5 Å². The third kappa shape index (κ3) is 2.50. The standard InChI is InChI=1S/C10H18NO/c1-2-3-4-6-10-7-5-8-11(10)9-12/h10H,2-8H2,1H3. The molecule has 0 aromatic carbocycles. The summed E-state index contributed by atoms with van der Waals surface area (Å²) in [5, 5.41) is 0. The number of nitrogens with zero attached hydrogens (tertiary/aromatic N) is 1. The van der Waals surface area contributed by atoms with Crippen LogP contribution in [0.4, 0.5) is 0 Å². The van der Waals surface area contributed by atoms with Crippen molar-refractivity contribution in [3.8, 4) is 0 Å². The number of likely N-dealkylation sites (tertiary alicyclic amines) is 1. The van der Waals surface area contributed by atoms with Crippen LogP contribution in [0.1, 0.15) is 45.4 Å². The second-order valence-electron chi connectivity index (χ2n) is 3.58. The smallest absolute Gasteiger partial charge is 0.312 e. The fraction of sp³-hybridized carbons (Fsp3) is 0.900. The maximum atomic E-state index is 10.5. The molecule has 1 atom stereocenters. The molecule has 1 fully saturated rings. The Morgan fingerprint density at radius 3 is 3.00 bits per heavy atom. The van der Waals surface area contributed by atoms with Gasteiger partial charge in [0.1, 0.15) is 0 Å². The Labute approximate surface area is 74.9 Å². The fourth-order valence-electron chi connectivity index (χ4n) is 1.89. The summed E-state index contributed by atoms with van der Waals surface area (Å²) >= 11 is 0. The predicted octanol–water partition coefficient (Wildman–Crippen LogP) is 2.10. The summed E-state index contributed by atoms with van der Waals surface area (Å²) in [4.78, 5) is 12.3. The molecule has 2 nitrogen and oxygen atoms in total. The van der Waals surface area contributed by atoms with Gasteiger partial charge in [0.25, 0.3) is 0 Å². The molecule has 0 N–H and O–H groups in total. The lowest BCUT2D eigenvalue weighted by molar-refractivity contribution is 0.335. The van der Waals surface area contributed by atoms with Crippen LogP contribution in [0, 0.1) is 0 Å². The van der Waals surface area contributed by atoms with E-state index in [1.54, 1.807) is 0 Å². The van der Waals surface area contributed by atoms with Gasteiger partial charge >= 0.3 is 6.41 Å². The molecule has 1 radical (unpaired) electrons. The topological polar surface area (TPSA) is 20.3 Å². The minimum absolute atomic E-state index is 0.508. The van der Waals surface area contributed by atoms with Gasteiger partial charge in [0, 0.05) is 12.6 Å². The minimum atomic E-state index is 0.508. The highest BCUT2D eigenvalue weighted by Crippen LogP contribution is 2.20. The van der Waals surface area contributed by atoms with E-state index in [9.17, 15) is 4.79 Å². The molecule has 0 saturated carbocycles. The highest BCUT2D eigenvalue weighted by atomic mass is 16.1. The molecule has 0 bridgehead atoms. The maximum Gasteiger partial charge on any atom is 0.312 e. The fourth-order valence-corrected chi connectivity index (χ4v) is 1.89. The van der Waals surface area contributed by atoms with Gasteiger partial charge in [-0.15, -0.1) is 0 Å². The Morgan fingerprint density at radius 1 is 1.50 bits per heavy atom. The van der Waals surface area contributed by atoms with Crippen molar-refractivity contribution in [1.82, 2.24) is 4.90 Å².